The van der Waals surface area contributed by atoms with Crippen LogP contribution in [0.2, 0.25) is 0 Å². The zero-order chi connectivity index (χ0) is 15.4. The van der Waals surface area contributed by atoms with Crippen LogP contribution >= 0.6 is 0 Å². The minimum atomic E-state index is 0.0732. The zero-order valence-corrected chi connectivity index (χ0v) is 13.5. The van der Waals surface area contributed by atoms with Crippen molar-refractivity contribution < 1.29 is 9.84 Å². The van der Waals surface area contributed by atoms with E-state index in [4.69, 9.17) is 4.74 Å². The Hall–Kier alpha value is -1.10. The van der Waals surface area contributed by atoms with Gasteiger partial charge in [0.25, 0.3) is 0 Å². The first-order valence-electron chi connectivity index (χ1n) is 8.62. The van der Waals surface area contributed by atoms with Gasteiger partial charge >= 0.3 is 0 Å². The molecule has 4 heteroatoms. The number of nitrogens with one attached hydrogen (secondary N) is 1. The number of aliphatic hydroxyl groups is 1. The van der Waals surface area contributed by atoms with E-state index in [-0.39, 0.29) is 18.8 Å². The van der Waals surface area contributed by atoms with Gasteiger partial charge in [-0.05, 0) is 50.0 Å². The summed E-state index contributed by atoms with van der Waals surface area (Å²) in [5, 5.41) is 13.4. The van der Waals surface area contributed by atoms with Crippen molar-refractivity contribution in [2.75, 3.05) is 32.8 Å². The van der Waals surface area contributed by atoms with Crippen LogP contribution in [0.3, 0.4) is 0 Å². The van der Waals surface area contributed by atoms with Gasteiger partial charge in [-0.1, -0.05) is 25.1 Å². The van der Waals surface area contributed by atoms with Crippen molar-refractivity contribution in [2.24, 2.45) is 5.92 Å². The second kappa shape index (κ2) is 7.44. The molecule has 2 aliphatic heterocycles. The molecule has 2 aliphatic rings. The summed E-state index contributed by atoms with van der Waals surface area (Å²) in [6.07, 6.45) is 3.45. The number of hydrogen-bond acceptors (Lipinski definition) is 4. The fraction of sp³-hybridized carbons (Fsp3) is 0.667. The molecule has 0 saturated carbocycles. The first-order valence-corrected chi connectivity index (χ1v) is 8.62. The van der Waals surface area contributed by atoms with E-state index in [0.29, 0.717) is 0 Å². The zero-order valence-electron chi connectivity index (χ0n) is 13.5. The summed E-state index contributed by atoms with van der Waals surface area (Å²) in [6.45, 7) is 6.63. The number of para-hydroxylation sites is 1. The number of aliphatic hydroxyl groups excluding tert-OH is 1. The van der Waals surface area contributed by atoms with Gasteiger partial charge < -0.3 is 15.2 Å². The van der Waals surface area contributed by atoms with E-state index in [2.05, 4.69) is 29.3 Å². The lowest BCUT2D eigenvalue weighted by Crippen LogP contribution is -2.50. The molecule has 1 saturated heterocycles. The summed E-state index contributed by atoms with van der Waals surface area (Å²) in [4.78, 5) is 2.42. The lowest BCUT2D eigenvalue weighted by Gasteiger charge is -2.36. The summed E-state index contributed by atoms with van der Waals surface area (Å²) in [6, 6.07) is 8.33. The highest BCUT2D eigenvalue weighted by atomic mass is 16.5. The molecule has 0 aliphatic carbocycles. The molecule has 1 fully saturated rings. The van der Waals surface area contributed by atoms with Crippen molar-refractivity contribution in [3.8, 4) is 5.75 Å². The van der Waals surface area contributed by atoms with E-state index in [1.54, 1.807) is 0 Å². The third-order valence-corrected chi connectivity index (χ3v) is 5.11. The monoisotopic (exact) mass is 304 g/mol. The number of likely N-dealkylation sites (N-methyl/N-ethyl adjacent to an activating group) is 1. The van der Waals surface area contributed by atoms with Crippen LogP contribution in [0, 0.1) is 5.92 Å². The van der Waals surface area contributed by atoms with Gasteiger partial charge in [0.1, 0.15) is 11.9 Å². The molecule has 122 valence electrons. The van der Waals surface area contributed by atoms with Gasteiger partial charge in [-0.25, -0.2) is 0 Å². The predicted molar refractivity (Wildman–Crippen MR) is 88.3 cm³/mol. The van der Waals surface area contributed by atoms with Crippen LogP contribution in [0.1, 0.15) is 25.3 Å². The Kier molecular flexibility index (Phi) is 5.34. The summed E-state index contributed by atoms with van der Waals surface area (Å²) in [5.74, 6) is 1.72. The molecule has 0 amide bonds. The Morgan fingerprint density at radius 1 is 1.32 bits per heavy atom. The molecule has 0 spiro atoms. The molecule has 0 bridgehead atoms. The predicted octanol–water partition coefficient (Wildman–Crippen LogP) is 1.67. The minimum absolute atomic E-state index is 0.0732. The number of fused-ring (bicyclic) bond motifs is 1. The van der Waals surface area contributed by atoms with Crippen LogP contribution in [0.5, 0.6) is 5.75 Å². The molecule has 1 aromatic rings. The van der Waals surface area contributed by atoms with Gasteiger partial charge in [-0.2, -0.15) is 0 Å². The molecule has 1 aromatic carbocycles. The maximum atomic E-state index is 9.96. The fourth-order valence-corrected chi connectivity index (χ4v) is 3.79. The Bertz CT molecular complexity index is 449. The third-order valence-electron chi connectivity index (χ3n) is 5.11. The summed E-state index contributed by atoms with van der Waals surface area (Å²) in [7, 11) is 0. The van der Waals surface area contributed by atoms with Crippen LogP contribution in [0.4, 0.5) is 0 Å². The van der Waals surface area contributed by atoms with Crippen molar-refractivity contribution in [2.45, 2.75) is 38.3 Å². The lowest BCUT2D eigenvalue weighted by molar-refractivity contribution is 0.0311. The third kappa shape index (κ3) is 3.45. The Labute approximate surface area is 133 Å². The first-order chi connectivity index (χ1) is 10.8. The van der Waals surface area contributed by atoms with Crippen molar-refractivity contribution >= 4 is 0 Å². The molecule has 22 heavy (non-hydrogen) atoms. The van der Waals surface area contributed by atoms with Gasteiger partial charge in [0.15, 0.2) is 0 Å². The molecule has 0 aromatic heterocycles. The van der Waals surface area contributed by atoms with Crippen LogP contribution in [0.25, 0.3) is 0 Å². The summed E-state index contributed by atoms with van der Waals surface area (Å²) in [5.41, 5.74) is 1.27. The number of benzene rings is 1. The van der Waals surface area contributed by atoms with E-state index < -0.39 is 0 Å². The number of piperidine rings is 1. The van der Waals surface area contributed by atoms with E-state index in [0.717, 1.165) is 44.3 Å². The molecule has 4 nitrogen and oxygen atoms in total. The Balaban J connectivity index is 1.64. The number of ether oxygens (including phenoxy) is 1. The second-order valence-corrected chi connectivity index (χ2v) is 6.50. The highest BCUT2D eigenvalue weighted by Gasteiger charge is 2.34. The number of hydrogen-bond donors (Lipinski definition) is 2. The number of rotatable bonds is 6. The van der Waals surface area contributed by atoms with E-state index in [1.165, 1.54) is 18.4 Å². The van der Waals surface area contributed by atoms with Crippen molar-refractivity contribution in [3.63, 3.8) is 0 Å². The molecule has 2 unspecified atom stereocenters. The molecule has 2 N–H and O–H groups in total. The summed E-state index contributed by atoms with van der Waals surface area (Å²) < 4.78 is 6.12. The number of nitrogens with zero attached hydrogens (tertiary/aromatic N) is 1. The van der Waals surface area contributed by atoms with E-state index in [1.807, 2.05) is 12.1 Å². The van der Waals surface area contributed by atoms with Crippen molar-refractivity contribution in [3.05, 3.63) is 29.8 Å². The molecular formula is C18H28N2O2. The topological polar surface area (TPSA) is 44.7 Å². The van der Waals surface area contributed by atoms with Gasteiger partial charge in [0.05, 0.1) is 12.6 Å². The van der Waals surface area contributed by atoms with Gasteiger partial charge in [0, 0.05) is 13.0 Å². The molecule has 2 heterocycles. The second-order valence-electron chi connectivity index (χ2n) is 6.50. The maximum Gasteiger partial charge on any atom is 0.123 e. The first kappa shape index (κ1) is 15.8. The minimum Gasteiger partial charge on any atom is -0.488 e. The average molecular weight is 304 g/mol. The van der Waals surface area contributed by atoms with E-state index >= 15 is 0 Å². The fourth-order valence-electron chi connectivity index (χ4n) is 3.79. The molecule has 2 atom stereocenters. The standard InChI is InChI=1S/C18H28N2O2/c1-2-20(12-14-7-9-19-10-8-14)16(13-21)18-11-15-5-3-4-6-17(15)22-18/h3-6,14,16,18-19,21H,2,7-13H2,1H3. The normalized spacial score (nSPS) is 23.3. The van der Waals surface area contributed by atoms with Crippen LogP contribution in [-0.2, 0) is 6.42 Å². The van der Waals surface area contributed by atoms with Gasteiger partial charge in [-0.15, -0.1) is 0 Å². The SMILES string of the molecule is CCN(CC1CCNCC1)C(CO)C1Cc2ccccc2O1. The molecule has 0 radical (unpaired) electrons. The van der Waals surface area contributed by atoms with Gasteiger partial charge in [0.2, 0.25) is 0 Å². The van der Waals surface area contributed by atoms with Crippen LogP contribution in [-0.4, -0.2) is 54.9 Å². The smallest absolute Gasteiger partial charge is 0.123 e. The lowest BCUT2D eigenvalue weighted by atomic mass is 9.95. The average Bonchev–Trinajstić information content (AvgIpc) is 2.99. The van der Waals surface area contributed by atoms with E-state index in [9.17, 15) is 5.11 Å². The molecular weight excluding hydrogens is 276 g/mol. The van der Waals surface area contributed by atoms with Gasteiger partial charge in [-0.3, -0.25) is 4.90 Å². The maximum absolute atomic E-state index is 9.96. The summed E-state index contributed by atoms with van der Waals surface area (Å²) >= 11 is 0. The van der Waals surface area contributed by atoms with Crippen molar-refractivity contribution in [1.82, 2.24) is 10.2 Å². The van der Waals surface area contributed by atoms with Crippen LogP contribution < -0.4 is 10.1 Å². The molecule has 3 rings (SSSR count). The van der Waals surface area contributed by atoms with Crippen LogP contribution in [0.15, 0.2) is 24.3 Å². The largest absolute Gasteiger partial charge is 0.488 e. The Morgan fingerprint density at radius 3 is 2.77 bits per heavy atom. The quantitative estimate of drug-likeness (QED) is 0.839. The highest BCUT2D eigenvalue weighted by molar-refractivity contribution is 5.37. The highest BCUT2D eigenvalue weighted by Crippen LogP contribution is 2.31. The Morgan fingerprint density at radius 2 is 2.09 bits per heavy atom. The van der Waals surface area contributed by atoms with Crippen molar-refractivity contribution in [1.29, 1.82) is 0 Å².